The minimum Gasteiger partial charge on any atom is -0.345 e. The van der Waals surface area contributed by atoms with Gasteiger partial charge >= 0.3 is 0 Å². The van der Waals surface area contributed by atoms with Crippen LogP contribution in [0, 0.1) is 6.92 Å². The topological polar surface area (TPSA) is 49.4 Å². The summed E-state index contributed by atoms with van der Waals surface area (Å²) in [6, 6.07) is 14.9. The van der Waals surface area contributed by atoms with E-state index in [2.05, 4.69) is 5.32 Å². The summed E-state index contributed by atoms with van der Waals surface area (Å²) >= 11 is 1.50. The van der Waals surface area contributed by atoms with E-state index in [9.17, 15) is 9.59 Å². The zero-order valence-electron chi connectivity index (χ0n) is 13.5. The number of thioether (sulfide) groups is 1. The lowest BCUT2D eigenvalue weighted by molar-refractivity contribution is -0.113. The number of aryl methyl sites for hydroxylation is 1. The highest BCUT2D eigenvalue weighted by Gasteiger charge is 2.10. The third-order valence-electron chi connectivity index (χ3n) is 3.25. The fourth-order valence-electron chi connectivity index (χ4n) is 2.05. The van der Waals surface area contributed by atoms with Gasteiger partial charge in [-0.25, -0.2) is 0 Å². The number of nitrogens with one attached hydrogen (secondary N) is 1. The van der Waals surface area contributed by atoms with Crippen molar-refractivity contribution in [1.29, 1.82) is 0 Å². The molecule has 0 unspecified atom stereocenters. The Labute approximate surface area is 140 Å². The smallest absolute Gasteiger partial charge is 0.253 e. The maximum atomic E-state index is 12.1. The van der Waals surface area contributed by atoms with Crippen LogP contribution in [0.2, 0.25) is 0 Å². The van der Waals surface area contributed by atoms with Crippen molar-refractivity contribution in [3.05, 3.63) is 59.7 Å². The number of hydrogen-bond acceptors (Lipinski definition) is 3. The predicted octanol–water partition coefficient (Wildman–Crippen LogP) is 3.43. The lowest BCUT2D eigenvalue weighted by atomic mass is 10.2. The van der Waals surface area contributed by atoms with Crippen molar-refractivity contribution in [3.8, 4) is 0 Å². The second-order valence-corrected chi connectivity index (χ2v) is 6.40. The number of amides is 2. The summed E-state index contributed by atoms with van der Waals surface area (Å²) in [5.41, 5.74) is 2.34. The monoisotopic (exact) mass is 328 g/mol. The van der Waals surface area contributed by atoms with Gasteiger partial charge in [-0.3, -0.25) is 9.59 Å². The molecule has 0 aromatic heterocycles. The molecule has 2 amide bonds. The van der Waals surface area contributed by atoms with Crippen LogP contribution in [-0.4, -0.2) is 36.6 Å². The Morgan fingerprint density at radius 1 is 1.09 bits per heavy atom. The Hall–Kier alpha value is -2.27. The highest BCUT2D eigenvalue weighted by molar-refractivity contribution is 8.00. The van der Waals surface area contributed by atoms with Crippen molar-refractivity contribution in [3.63, 3.8) is 0 Å². The molecule has 1 N–H and O–H groups in total. The second kappa shape index (κ2) is 7.83. The van der Waals surface area contributed by atoms with E-state index in [1.165, 1.54) is 16.7 Å². The van der Waals surface area contributed by atoms with Crippen molar-refractivity contribution < 1.29 is 9.59 Å². The summed E-state index contributed by atoms with van der Waals surface area (Å²) < 4.78 is 0. The van der Waals surface area contributed by atoms with E-state index in [1.54, 1.807) is 38.4 Å². The minimum atomic E-state index is -0.0901. The highest BCUT2D eigenvalue weighted by Crippen LogP contribution is 2.22. The molecule has 4 nitrogen and oxygen atoms in total. The molecule has 0 aliphatic heterocycles. The van der Waals surface area contributed by atoms with Gasteiger partial charge in [0.15, 0.2) is 0 Å². The quantitative estimate of drug-likeness (QED) is 0.856. The van der Waals surface area contributed by atoms with Gasteiger partial charge in [-0.15, -0.1) is 11.8 Å². The van der Waals surface area contributed by atoms with Crippen molar-refractivity contribution in [2.75, 3.05) is 25.2 Å². The zero-order chi connectivity index (χ0) is 16.8. The number of carbonyl (C=O) groups excluding carboxylic acids is 2. The molecule has 0 atom stereocenters. The highest BCUT2D eigenvalue weighted by atomic mass is 32.2. The predicted molar refractivity (Wildman–Crippen MR) is 95.0 cm³/mol. The lowest BCUT2D eigenvalue weighted by Crippen LogP contribution is -2.22. The maximum Gasteiger partial charge on any atom is 0.253 e. The first kappa shape index (κ1) is 17.1. The first-order chi connectivity index (χ1) is 11.0. The first-order valence-electron chi connectivity index (χ1n) is 7.27. The minimum absolute atomic E-state index is 0.0876. The number of hydrogen-bond donors (Lipinski definition) is 1. The van der Waals surface area contributed by atoms with Crippen LogP contribution in [-0.2, 0) is 4.79 Å². The van der Waals surface area contributed by atoms with E-state index in [0.29, 0.717) is 17.0 Å². The molecule has 2 aromatic rings. The Morgan fingerprint density at radius 3 is 2.52 bits per heavy atom. The molecule has 2 aromatic carbocycles. The molecule has 0 spiro atoms. The zero-order valence-corrected chi connectivity index (χ0v) is 14.3. The Morgan fingerprint density at radius 2 is 1.83 bits per heavy atom. The van der Waals surface area contributed by atoms with Gasteiger partial charge in [-0.2, -0.15) is 0 Å². The lowest BCUT2D eigenvalue weighted by Gasteiger charge is -2.12. The van der Waals surface area contributed by atoms with E-state index in [-0.39, 0.29) is 11.8 Å². The molecule has 23 heavy (non-hydrogen) atoms. The van der Waals surface area contributed by atoms with Gasteiger partial charge in [-0.05, 0) is 36.8 Å². The summed E-state index contributed by atoms with van der Waals surface area (Å²) in [4.78, 5) is 26.6. The first-order valence-corrected chi connectivity index (χ1v) is 8.26. The van der Waals surface area contributed by atoms with Crippen LogP contribution in [0.4, 0.5) is 5.69 Å². The standard InChI is InChI=1S/C18H20N2O2S/c1-13-7-4-5-10-16(13)23-12-17(21)19-15-9-6-8-14(11-15)18(22)20(2)3/h4-11H,12H2,1-3H3,(H,19,21). The molecule has 120 valence electrons. The molecule has 0 heterocycles. The molecule has 0 saturated carbocycles. The van der Waals surface area contributed by atoms with E-state index in [0.717, 1.165) is 10.5 Å². The van der Waals surface area contributed by atoms with Crippen LogP contribution in [0.3, 0.4) is 0 Å². The summed E-state index contributed by atoms with van der Waals surface area (Å²) in [6.45, 7) is 2.02. The SMILES string of the molecule is Cc1ccccc1SCC(=O)Nc1cccc(C(=O)N(C)C)c1. The molecule has 0 bridgehead atoms. The van der Waals surface area contributed by atoms with Gasteiger partial charge in [0.25, 0.3) is 5.91 Å². The fraction of sp³-hybridized carbons (Fsp3) is 0.222. The number of nitrogens with zero attached hydrogens (tertiary/aromatic N) is 1. The molecule has 0 aliphatic rings. The number of anilines is 1. The largest absolute Gasteiger partial charge is 0.345 e. The number of rotatable bonds is 5. The van der Waals surface area contributed by atoms with E-state index < -0.39 is 0 Å². The average Bonchev–Trinajstić information content (AvgIpc) is 2.53. The normalized spacial score (nSPS) is 10.2. The summed E-state index contributed by atoms with van der Waals surface area (Å²) in [5, 5.41) is 2.84. The molecule has 0 aliphatic carbocycles. The van der Waals surface area contributed by atoms with Crippen LogP contribution in [0.15, 0.2) is 53.4 Å². The summed E-state index contributed by atoms with van der Waals surface area (Å²) in [6.07, 6.45) is 0. The third-order valence-corrected chi connectivity index (χ3v) is 4.43. The van der Waals surface area contributed by atoms with Crippen LogP contribution in [0.25, 0.3) is 0 Å². The maximum absolute atomic E-state index is 12.1. The van der Waals surface area contributed by atoms with E-state index in [1.807, 2.05) is 31.2 Å². The van der Waals surface area contributed by atoms with Crippen LogP contribution in [0.5, 0.6) is 0 Å². The average molecular weight is 328 g/mol. The Bertz CT molecular complexity index is 714. The molecule has 0 saturated heterocycles. The Kier molecular flexibility index (Phi) is 5.82. The van der Waals surface area contributed by atoms with Gasteiger partial charge in [0.2, 0.25) is 5.91 Å². The van der Waals surface area contributed by atoms with Gasteiger partial charge < -0.3 is 10.2 Å². The molecule has 2 rings (SSSR count). The molecule has 0 fully saturated rings. The van der Waals surface area contributed by atoms with Gasteiger partial charge in [0, 0.05) is 30.2 Å². The molecular formula is C18H20N2O2S. The second-order valence-electron chi connectivity index (χ2n) is 5.38. The van der Waals surface area contributed by atoms with Crippen LogP contribution < -0.4 is 5.32 Å². The van der Waals surface area contributed by atoms with E-state index >= 15 is 0 Å². The van der Waals surface area contributed by atoms with Crippen molar-refractivity contribution in [2.45, 2.75) is 11.8 Å². The van der Waals surface area contributed by atoms with Crippen LogP contribution >= 0.6 is 11.8 Å². The third kappa shape index (κ3) is 4.86. The molecular weight excluding hydrogens is 308 g/mol. The molecule has 5 heteroatoms. The Balaban J connectivity index is 1.97. The van der Waals surface area contributed by atoms with Crippen molar-refractivity contribution >= 4 is 29.3 Å². The summed E-state index contributed by atoms with van der Waals surface area (Å²) in [5.74, 6) is 0.152. The van der Waals surface area contributed by atoms with Crippen LogP contribution in [0.1, 0.15) is 15.9 Å². The number of carbonyl (C=O) groups is 2. The molecule has 0 radical (unpaired) electrons. The van der Waals surface area contributed by atoms with E-state index in [4.69, 9.17) is 0 Å². The van der Waals surface area contributed by atoms with Gasteiger partial charge in [0.05, 0.1) is 5.75 Å². The van der Waals surface area contributed by atoms with Gasteiger partial charge in [-0.1, -0.05) is 24.3 Å². The van der Waals surface area contributed by atoms with Crippen molar-refractivity contribution in [1.82, 2.24) is 4.90 Å². The van der Waals surface area contributed by atoms with Crippen molar-refractivity contribution in [2.24, 2.45) is 0 Å². The van der Waals surface area contributed by atoms with Gasteiger partial charge in [0.1, 0.15) is 0 Å². The number of benzene rings is 2. The summed E-state index contributed by atoms with van der Waals surface area (Å²) in [7, 11) is 3.40. The fourth-order valence-corrected chi connectivity index (χ4v) is 2.88.